The topological polar surface area (TPSA) is 30.5 Å². The molecule has 2 unspecified atom stereocenters. The summed E-state index contributed by atoms with van der Waals surface area (Å²) in [6.45, 7) is 7.97. The summed E-state index contributed by atoms with van der Waals surface area (Å²) >= 11 is 0. The van der Waals surface area contributed by atoms with E-state index in [9.17, 15) is 0 Å². The SMILES string of the molecule is CCCOc1ccc(C2OCCC2CNCC)cc1. The van der Waals surface area contributed by atoms with E-state index in [1.54, 1.807) is 0 Å². The lowest BCUT2D eigenvalue weighted by atomic mass is 9.95. The van der Waals surface area contributed by atoms with Crippen LogP contribution in [0.3, 0.4) is 0 Å². The van der Waals surface area contributed by atoms with E-state index in [1.165, 1.54) is 5.56 Å². The summed E-state index contributed by atoms with van der Waals surface area (Å²) < 4.78 is 11.5. The summed E-state index contributed by atoms with van der Waals surface area (Å²) in [7, 11) is 0. The van der Waals surface area contributed by atoms with Gasteiger partial charge in [0.15, 0.2) is 0 Å². The second-order valence-electron chi connectivity index (χ2n) is 5.07. The van der Waals surface area contributed by atoms with Crippen molar-refractivity contribution in [3.05, 3.63) is 29.8 Å². The average Bonchev–Trinajstić information content (AvgIpc) is 2.92. The first-order valence-electron chi connectivity index (χ1n) is 7.40. The quantitative estimate of drug-likeness (QED) is 0.819. The van der Waals surface area contributed by atoms with Gasteiger partial charge in [0, 0.05) is 19.1 Å². The molecule has 0 bridgehead atoms. The Morgan fingerprint density at radius 2 is 2.05 bits per heavy atom. The van der Waals surface area contributed by atoms with Crippen LogP contribution in [0.4, 0.5) is 0 Å². The number of hydrogen-bond donors (Lipinski definition) is 1. The Hall–Kier alpha value is -1.06. The Morgan fingerprint density at radius 1 is 1.26 bits per heavy atom. The Labute approximate surface area is 116 Å². The summed E-state index contributed by atoms with van der Waals surface area (Å²) in [5.74, 6) is 1.54. The molecule has 19 heavy (non-hydrogen) atoms. The van der Waals surface area contributed by atoms with E-state index in [0.717, 1.165) is 44.9 Å². The molecule has 106 valence electrons. The molecular weight excluding hydrogens is 238 g/mol. The maximum absolute atomic E-state index is 5.89. The monoisotopic (exact) mass is 263 g/mol. The molecule has 1 aromatic carbocycles. The minimum absolute atomic E-state index is 0.235. The van der Waals surface area contributed by atoms with Gasteiger partial charge in [0.1, 0.15) is 5.75 Å². The van der Waals surface area contributed by atoms with Gasteiger partial charge in [-0.25, -0.2) is 0 Å². The predicted molar refractivity (Wildman–Crippen MR) is 77.6 cm³/mol. The molecule has 0 amide bonds. The summed E-state index contributed by atoms with van der Waals surface area (Å²) in [6, 6.07) is 8.38. The van der Waals surface area contributed by atoms with Crippen molar-refractivity contribution >= 4 is 0 Å². The Bertz CT molecular complexity index is 364. The number of ether oxygens (including phenoxy) is 2. The van der Waals surface area contributed by atoms with E-state index in [1.807, 2.05) is 0 Å². The summed E-state index contributed by atoms with van der Waals surface area (Å²) in [5.41, 5.74) is 1.27. The summed E-state index contributed by atoms with van der Waals surface area (Å²) in [6.07, 6.45) is 2.42. The highest BCUT2D eigenvalue weighted by atomic mass is 16.5. The van der Waals surface area contributed by atoms with Crippen LogP contribution >= 0.6 is 0 Å². The highest BCUT2D eigenvalue weighted by Gasteiger charge is 2.29. The largest absolute Gasteiger partial charge is 0.494 e. The van der Waals surface area contributed by atoms with Crippen molar-refractivity contribution in [3.8, 4) is 5.75 Å². The second kappa shape index (κ2) is 7.51. The van der Waals surface area contributed by atoms with Crippen LogP contribution in [0.15, 0.2) is 24.3 Å². The maximum Gasteiger partial charge on any atom is 0.119 e. The third-order valence-electron chi connectivity index (χ3n) is 3.55. The van der Waals surface area contributed by atoms with Crippen molar-refractivity contribution in [2.24, 2.45) is 5.92 Å². The lowest BCUT2D eigenvalue weighted by Crippen LogP contribution is -2.24. The van der Waals surface area contributed by atoms with Gasteiger partial charge < -0.3 is 14.8 Å². The number of nitrogens with one attached hydrogen (secondary N) is 1. The molecule has 1 heterocycles. The highest BCUT2D eigenvalue weighted by molar-refractivity contribution is 5.29. The number of rotatable bonds is 7. The van der Waals surface area contributed by atoms with Crippen LogP contribution in [-0.2, 0) is 4.74 Å². The van der Waals surface area contributed by atoms with Gasteiger partial charge >= 0.3 is 0 Å². The minimum Gasteiger partial charge on any atom is -0.494 e. The molecule has 3 heteroatoms. The molecule has 1 saturated heterocycles. The molecule has 0 aliphatic carbocycles. The lowest BCUT2D eigenvalue weighted by molar-refractivity contribution is 0.0906. The van der Waals surface area contributed by atoms with Crippen molar-refractivity contribution in [2.45, 2.75) is 32.8 Å². The lowest BCUT2D eigenvalue weighted by Gasteiger charge is -2.19. The van der Waals surface area contributed by atoms with Gasteiger partial charge in [-0.1, -0.05) is 26.0 Å². The van der Waals surface area contributed by atoms with Crippen LogP contribution in [0, 0.1) is 5.92 Å². The van der Waals surface area contributed by atoms with Crippen LogP contribution in [0.2, 0.25) is 0 Å². The van der Waals surface area contributed by atoms with Crippen LogP contribution in [0.5, 0.6) is 5.75 Å². The molecule has 2 atom stereocenters. The van der Waals surface area contributed by atoms with Crippen LogP contribution in [0.25, 0.3) is 0 Å². The van der Waals surface area contributed by atoms with Crippen molar-refractivity contribution < 1.29 is 9.47 Å². The molecule has 2 rings (SSSR count). The van der Waals surface area contributed by atoms with E-state index in [4.69, 9.17) is 9.47 Å². The molecule has 0 radical (unpaired) electrons. The van der Waals surface area contributed by atoms with Crippen molar-refractivity contribution in [1.82, 2.24) is 5.32 Å². The van der Waals surface area contributed by atoms with Crippen LogP contribution in [0.1, 0.15) is 38.4 Å². The van der Waals surface area contributed by atoms with E-state index < -0.39 is 0 Å². The van der Waals surface area contributed by atoms with Gasteiger partial charge in [-0.3, -0.25) is 0 Å². The molecule has 1 aliphatic rings. The first-order chi connectivity index (χ1) is 9.35. The molecule has 1 fully saturated rings. The zero-order chi connectivity index (χ0) is 13.5. The smallest absolute Gasteiger partial charge is 0.119 e. The zero-order valence-electron chi connectivity index (χ0n) is 12.0. The molecule has 1 N–H and O–H groups in total. The first-order valence-corrected chi connectivity index (χ1v) is 7.40. The summed E-state index contributed by atoms with van der Waals surface area (Å²) in [4.78, 5) is 0. The van der Waals surface area contributed by atoms with Gasteiger partial charge in [0.25, 0.3) is 0 Å². The molecular formula is C16H25NO2. The molecule has 1 aliphatic heterocycles. The average molecular weight is 263 g/mol. The van der Waals surface area contributed by atoms with Crippen LogP contribution < -0.4 is 10.1 Å². The van der Waals surface area contributed by atoms with E-state index in [2.05, 4.69) is 43.4 Å². The fraction of sp³-hybridized carbons (Fsp3) is 0.625. The van der Waals surface area contributed by atoms with Gasteiger partial charge in [-0.05, 0) is 37.1 Å². The Kier molecular flexibility index (Phi) is 5.67. The van der Waals surface area contributed by atoms with Crippen molar-refractivity contribution in [3.63, 3.8) is 0 Å². The van der Waals surface area contributed by atoms with E-state index >= 15 is 0 Å². The van der Waals surface area contributed by atoms with Gasteiger partial charge in [0.2, 0.25) is 0 Å². The highest BCUT2D eigenvalue weighted by Crippen LogP contribution is 2.34. The Balaban J connectivity index is 1.96. The molecule has 0 saturated carbocycles. The van der Waals surface area contributed by atoms with Crippen LogP contribution in [-0.4, -0.2) is 26.3 Å². The van der Waals surface area contributed by atoms with Gasteiger partial charge in [-0.2, -0.15) is 0 Å². The van der Waals surface area contributed by atoms with Gasteiger partial charge in [0.05, 0.1) is 12.7 Å². The normalized spacial score (nSPS) is 22.6. The Morgan fingerprint density at radius 3 is 2.74 bits per heavy atom. The third-order valence-corrected chi connectivity index (χ3v) is 3.55. The second-order valence-corrected chi connectivity index (χ2v) is 5.07. The number of benzene rings is 1. The van der Waals surface area contributed by atoms with Gasteiger partial charge in [-0.15, -0.1) is 0 Å². The minimum atomic E-state index is 0.235. The van der Waals surface area contributed by atoms with E-state index in [-0.39, 0.29) is 6.10 Å². The fourth-order valence-electron chi connectivity index (χ4n) is 2.51. The molecule has 0 spiro atoms. The maximum atomic E-state index is 5.89. The standard InChI is InChI=1S/C16H25NO2/c1-3-10-18-15-7-5-13(6-8-15)16-14(9-11-19-16)12-17-4-2/h5-8,14,16-17H,3-4,9-12H2,1-2H3. The molecule has 1 aromatic rings. The molecule has 3 nitrogen and oxygen atoms in total. The van der Waals surface area contributed by atoms with Crippen molar-refractivity contribution in [1.29, 1.82) is 0 Å². The van der Waals surface area contributed by atoms with E-state index in [0.29, 0.717) is 5.92 Å². The fourth-order valence-corrected chi connectivity index (χ4v) is 2.51. The summed E-state index contributed by atoms with van der Waals surface area (Å²) in [5, 5.41) is 3.42. The molecule has 0 aromatic heterocycles. The predicted octanol–water partition coefficient (Wildman–Crippen LogP) is 3.16. The first kappa shape index (κ1) is 14.4. The number of hydrogen-bond acceptors (Lipinski definition) is 3. The zero-order valence-corrected chi connectivity index (χ0v) is 12.0. The third kappa shape index (κ3) is 3.95. The van der Waals surface area contributed by atoms with Crippen molar-refractivity contribution in [2.75, 3.05) is 26.3 Å².